The normalized spacial score (nSPS) is 17.7. The Hall–Kier alpha value is -2.34. The molecule has 0 spiro atoms. The van der Waals surface area contributed by atoms with Crippen LogP contribution in [0.3, 0.4) is 0 Å². The molecule has 0 aliphatic carbocycles. The molecule has 178 valence electrons. The molecular weight excluding hydrogens is 464 g/mol. The number of amides is 1. The van der Waals surface area contributed by atoms with E-state index in [9.17, 15) is 13.2 Å². The molecule has 33 heavy (non-hydrogen) atoms. The topological polar surface area (TPSA) is 92.3 Å². The zero-order chi connectivity index (χ0) is 23.3. The van der Waals surface area contributed by atoms with E-state index in [-0.39, 0.29) is 10.8 Å². The second-order valence-electron chi connectivity index (χ2n) is 7.70. The number of carbonyl (C=O) groups is 1. The zero-order valence-electron chi connectivity index (χ0n) is 18.6. The molecule has 3 heterocycles. The Morgan fingerprint density at radius 2 is 1.73 bits per heavy atom. The van der Waals surface area contributed by atoms with Crippen LogP contribution in [0.25, 0.3) is 0 Å². The number of hydrogen-bond acceptors (Lipinski definition) is 8. The number of ether oxygens (including phenoxy) is 2. The lowest BCUT2D eigenvalue weighted by Crippen LogP contribution is -2.49. The van der Waals surface area contributed by atoms with Crippen molar-refractivity contribution in [2.75, 3.05) is 70.2 Å². The van der Waals surface area contributed by atoms with Gasteiger partial charge in [0.15, 0.2) is 0 Å². The maximum Gasteiger partial charge on any atom is 0.244 e. The number of methoxy groups -OCH3 is 1. The molecule has 0 radical (unpaired) electrons. The van der Waals surface area contributed by atoms with Crippen LogP contribution >= 0.6 is 11.8 Å². The summed E-state index contributed by atoms with van der Waals surface area (Å²) >= 11 is 1.51. The minimum absolute atomic E-state index is 0.107. The maximum absolute atomic E-state index is 12.8. The molecule has 2 aliphatic heterocycles. The number of hydrogen-bond donors (Lipinski definition) is 0. The maximum atomic E-state index is 12.8. The van der Waals surface area contributed by atoms with Gasteiger partial charge in [-0.25, -0.2) is 13.4 Å². The van der Waals surface area contributed by atoms with Gasteiger partial charge in [-0.05, 0) is 36.4 Å². The van der Waals surface area contributed by atoms with Gasteiger partial charge in [-0.15, -0.1) is 11.8 Å². The van der Waals surface area contributed by atoms with Crippen LogP contribution < -0.4 is 9.64 Å². The number of benzene rings is 1. The third-order valence-corrected chi connectivity index (χ3v) is 8.59. The highest BCUT2D eigenvalue weighted by molar-refractivity contribution is 8.00. The number of thioether (sulfide) groups is 1. The lowest BCUT2D eigenvalue weighted by Gasteiger charge is -2.35. The quantitative estimate of drug-likeness (QED) is 0.538. The molecule has 2 aromatic rings. The zero-order valence-corrected chi connectivity index (χ0v) is 20.2. The van der Waals surface area contributed by atoms with Gasteiger partial charge in [0.1, 0.15) is 16.5 Å². The predicted octanol–water partition coefficient (Wildman–Crippen LogP) is 1.55. The lowest BCUT2D eigenvalue weighted by atomic mass is 10.3. The molecule has 4 rings (SSSR count). The van der Waals surface area contributed by atoms with Gasteiger partial charge >= 0.3 is 0 Å². The summed E-state index contributed by atoms with van der Waals surface area (Å²) in [5.41, 5.74) is 0. The molecule has 1 aromatic carbocycles. The van der Waals surface area contributed by atoms with E-state index in [4.69, 9.17) is 9.47 Å². The second-order valence-corrected chi connectivity index (χ2v) is 10.7. The summed E-state index contributed by atoms with van der Waals surface area (Å²) in [6.45, 7) is 4.06. The summed E-state index contributed by atoms with van der Waals surface area (Å²) in [6, 6.07) is 11.0. The van der Waals surface area contributed by atoms with Crippen LogP contribution in [-0.2, 0) is 19.6 Å². The second kappa shape index (κ2) is 10.7. The fraction of sp³-hybridized carbons (Fsp3) is 0.455. The summed E-state index contributed by atoms with van der Waals surface area (Å²) < 4.78 is 37.3. The van der Waals surface area contributed by atoms with Gasteiger partial charge in [-0.3, -0.25) is 4.79 Å². The van der Waals surface area contributed by atoms with Crippen molar-refractivity contribution >= 4 is 33.5 Å². The van der Waals surface area contributed by atoms with E-state index in [1.165, 1.54) is 22.3 Å². The van der Waals surface area contributed by atoms with Crippen molar-refractivity contribution in [2.45, 2.75) is 9.79 Å². The smallest absolute Gasteiger partial charge is 0.244 e. The Morgan fingerprint density at radius 3 is 2.33 bits per heavy atom. The summed E-state index contributed by atoms with van der Waals surface area (Å²) in [4.78, 5) is 22.2. The van der Waals surface area contributed by atoms with Crippen LogP contribution in [0, 0.1) is 0 Å². The van der Waals surface area contributed by atoms with E-state index in [1.54, 1.807) is 19.2 Å². The first-order valence-electron chi connectivity index (χ1n) is 10.8. The Morgan fingerprint density at radius 1 is 1.03 bits per heavy atom. The standard InChI is InChI=1S/C22H28N4O5S2/c1-30-18-2-4-19(5-3-18)32-17-22(27)25-10-8-24(9-11-25)21-7-6-20(16-23-21)33(28,29)26-12-14-31-15-13-26/h2-7,16H,8-15,17H2,1H3. The van der Waals surface area contributed by atoms with Gasteiger partial charge in [-0.2, -0.15) is 4.31 Å². The predicted molar refractivity (Wildman–Crippen MR) is 126 cm³/mol. The Bertz CT molecular complexity index is 1030. The number of morpholine rings is 1. The monoisotopic (exact) mass is 492 g/mol. The Kier molecular flexibility index (Phi) is 7.74. The third kappa shape index (κ3) is 5.78. The molecule has 0 unspecified atom stereocenters. The van der Waals surface area contributed by atoms with Crippen molar-refractivity contribution in [3.63, 3.8) is 0 Å². The molecule has 1 aromatic heterocycles. The first kappa shape index (κ1) is 23.8. The number of nitrogens with zero attached hydrogens (tertiary/aromatic N) is 4. The van der Waals surface area contributed by atoms with Crippen molar-refractivity contribution in [3.8, 4) is 5.75 Å². The highest BCUT2D eigenvalue weighted by Gasteiger charge is 2.27. The molecule has 2 aliphatic rings. The molecule has 0 atom stereocenters. The molecule has 0 bridgehead atoms. The lowest BCUT2D eigenvalue weighted by molar-refractivity contribution is -0.128. The van der Waals surface area contributed by atoms with Crippen LogP contribution in [0.15, 0.2) is 52.4 Å². The van der Waals surface area contributed by atoms with Gasteiger partial charge in [-0.1, -0.05) is 0 Å². The highest BCUT2D eigenvalue weighted by atomic mass is 32.2. The fourth-order valence-corrected chi connectivity index (χ4v) is 5.90. The van der Waals surface area contributed by atoms with Crippen LogP contribution in [-0.4, -0.2) is 93.9 Å². The molecule has 0 saturated carbocycles. The number of aromatic nitrogens is 1. The molecule has 2 saturated heterocycles. The third-order valence-electron chi connectivity index (χ3n) is 5.71. The van der Waals surface area contributed by atoms with E-state index >= 15 is 0 Å². The first-order chi connectivity index (χ1) is 16.0. The van der Waals surface area contributed by atoms with Crippen molar-refractivity contribution in [3.05, 3.63) is 42.6 Å². The first-order valence-corrected chi connectivity index (χ1v) is 13.2. The number of piperazine rings is 1. The fourth-order valence-electron chi connectivity index (χ4n) is 3.74. The summed E-state index contributed by atoms with van der Waals surface area (Å²) in [5.74, 6) is 2.01. The molecule has 11 heteroatoms. The van der Waals surface area contributed by atoms with Gasteiger partial charge in [0.05, 0.1) is 26.1 Å². The van der Waals surface area contributed by atoms with Crippen molar-refractivity contribution in [2.24, 2.45) is 0 Å². The van der Waals surface area contributed by atoms with E-state index in [2.05, 4.69) is 9.88 Å². The average Bonchev–Trinajstić information content (AvgIpc) is 2.88. The molecule has 0 N–H and O–H groups in total. The minimum Gasteiger partial charge on any atom is -0.497 e. The largest absolute Gasteiger partial charge is 0.497 e. The van der Waals surface area contributed by atoms with Gasteiger partial charge in [0, 0.05) is 50.4 Å². The van der Waals surface area contributed by atoms with E-state index < -0.39 is 10.0 Å². The number of rotatable bonds is 7. The van der Waals surface area contributed by atoms with Crippen LogP contribution in [0.1, 0.15) is 0 Å². The summed E-state index contributed by atoms with van der Waals surface area (Å²) in [7, 11) is -1.93. The van der Waals surface area contributed by atoms with Crippen molar-refractivity contribution in [1.82, 2.24) is 14.2 Å². The van der Waals surface area contributed by atoms with Gasteiger partial charge in [0.25, 0.3) is 0 Å². The number of anilines is 1. The van der Waals surface area contributed by atoms with Gasteiger partial charge in [0.2, 0.25) is 15.9 Å². The Balaban J connectivity index is 1.28. The van der Waals surface area contributed by atoms with Crippen LogP contribution in [0.4, 0.5) is 5.82 Å². The Labute approximate surface area is 198 Å². The minimum atomic E-state index is -3.55. The SMILES string of the molecule is COc1ccc(SCC(=O)N2CCN(c3ccc(S(=O)(=O)N4CCOCC4)cn3)CC2)cc1. The van der Waals surface area contributed by atoms with E-state index in [1.807, 2.05) is 29.2 Å². The van der Waals surface area contributed by atoms with E-state index in [0.29, 0.717) is 58.2 Å². The number of carbonyl (C=O) groups excluding carboxylic acids is 1. The van der Waals surface area contributed by atoms with Crippen molar-refractivity contribution < 1.29 is 22.7 Å². The molecule has 1 amide bonds. The van der Waals surface area contributed by atoms with Crippen molar-refractivity contribution in [1.29, 1.82) is 0 Å². The molecule has 9 nitrogen and oxygen atoms in total. The van der Waals surface area contributed by atoms with E-state index in [0.717, 1.165) is 16.5 Å². The van der Waals surface area contributed by atoms with Crippen LogP contribution in [0.5, 0.6) is 5.75 Å². The summed E-state index contributed by atoms with van der Waals surface area (Å²) in [6.07, 6.45) is 1.42. The summed E-state index contributed by atoms with van der Waals surface area (Å²) in [5, 5.41) is 0. The van der Waals surface area contributed by atoms with Gasteiger partial charge < -0.3 is 19.3 Å². The average molecular weight is 493 g/mol. The number of pyridine rings is 1. The molecule has 2 fully saturated rings. The number of sulfonamides is 1. The highest BCUT2D eigenvalue weighted by Crippen LogP contribution is 2.23. The molecular formula is C22H28N4O5S2. The van der Waals surface area contributed by atoms with Crippen LogP contribution in [0.2, 0.25) is 0 Å².